The summed E-state index contributed by atoms with van der Waals surface area (Å²) in [6.07, 6.45) is 5.19. The van der Waals surface area contributed by atoms with Crippen molar-refractivity contribution in [2.45, 2.75) is 39.0 Å². The van der Waals surface area contributed by atoms with Crippen LogP contribution in [0, 0.1) is 5.92 Å². The first kappa shape index (κ1) is 20.7. The van der Waals surface area contributed by atoms with E-state index >= 15 is 0 Å². The summed E-state index contributed by atoms with van der Waals surface area (Å²) >= 11 is 1.69. The average molecular weight is 424 g/mol. The van der Waals surface area contributed by atoms with E-state index in [1.807, 2.05) is 30.3 Å². The zero-order valence-corrected chi connectivity index (χ0v) is 18.5. The Hall–Kier alpha value is -2.60. The summed E-state index contributed by atoms with van der Waals surface area (Å²) in [6, 6.07) is 14.3. The molecular formula is C24H29N3O2S. The minimum atomic E-state index is 0.0514. The predicted octanol–water partition coefficient (Wildman–Crippen LogP) is 5.50. The smallest absolute Gasteiger partial charge is 0.227 e. The molecule has 2 aromatic carbocycles. The Morgan fingerprint density at radius 3 is 2.67 bits per heavy atom. The molecular weight excluding hydrogens is 394 g/mol. The molecule has 6 heteroatoms. The highest BCUT2D eigenvalue weighted by atomic mass is 32.1. The second-order valence-electron chi connectivity index (χ2n) is 7.88. The number of hydrogen-bond acceptors (Lipinski definition) is 5. The standard InChI is InChI=1S/C24H29N3O2S/c1-3-4-5-17-6-8-19(9-7-17)25-23(28)18-12-14-27(15-13-18)24-26-21-11-10-20(29-2)16-22(21)30-24/h6-11,16,18H,3-5,12-15H2,1-2H3,(H,25,28). The zero-order chi connectivity index (χ0) is 20.9. The van der Waals surface area contributed by atoms with Crippen LogP contribution in [0.15, 0.2) is 42.5 Å². The van der Waals surface area contributed by atoms with Crippen LogP contribution in [-0.4, -0.2) is 31.1 Å². The fourth-order valence-electron chi connectivity index (χ4n) is 3.87. The fourth-order valence-corrected chi connectivity index (χ4v) is 4.91. The third kappa shape index (κ3) is 4.75. The summed E-state index contributed by atoms with van der Waals surface area (Å²) in [5.74, 6) is 1.03. The minimum Gasteiger partial charge on any atom is -0.497 e. The van der Waals surface area contributed by atoms with Crippen molar-refractivity contribution in [1.82, 2.24) is 4.98 Å². The first-order chi connectivity index (χ1) is 14.7. The van der Waals surface area contributed by atoms with E-state index in [1.165, 1.54) is 18.4 Å². The number of piperidine rings is 1. The lowest BCUT2D eigenvalue weighted by Crippen LogP contribution is -2.38. The summed E-state index contributed by atoms with van der Waals surface area (Å²) in [7, 11) is 1.68. The largest absolute Gasteiger partial charge is 0.497 e. The number of rotatable bonds is 7. The van der Waals surface area contributed by atoms with Gasteiger partial charge in [-0.2, -0.15) is 0 Å². The molecule has 2 heterocycles. The Morgan fingerprint density at radius 1 is 1.20 bits per heavy atom. The molecule has 0 unspecified atom stereocenters. The number of thiazole rings is 1. The monoisotopic (exact) mass is 423 g/mol. The maximum absolute atomic E-state index is 12.7. The van der Waals surface area contributed by atoms with Crippen LogP contribution in [0.25, 0.3) is 10.2 Å². The van der Waals surface area contributed by atoms with Crippen molar-refractivity contribution < 1.29 is 9.53 Å². The number of fused-ring (bicyclic) bond motifs is 1. The summed E-state index contributed by atoms with van der Waals surface area (Å²) in [4.78, 5) is 19.8. The molecule has 4 rings (SSSR count). The number of benzene rings is 2. The highest BCUT2D eigenvalue weighted by Crippen LogP contribution is 2.33. The maximum atomic E-state index is 12.7. The molecule has 1 N–H and O–H groups in total. The van der Waals surface area contributed by atoms with Gasteiger partial charge in [-0.1, -0.05) is 36.8 Å². The van der Waals surface area contributed by atoms with Gasteiger partial charge >= 0.3 is 0 Å². The van der Waals surface area contributed by atoms with Crippen LogP contribution >= 0.6 is 11.3 Å². The summed E-state index contributed by atoms with van der Waals surface area (Å²) in [5.41, 5.74) is 3.22. The van der Waals surface area contributed by atoms with Gasteiger partial charge in [-0.15, -0.1) is 0 Å². The maximum Gasteiger partial charge on any atom is 0.227 e. The number of anilines is 2. The summed E-state index contributed by atoms with van der Waals surface area (Å²) in [6.45, 7) is 3.91. The number of unbranched alkanes of at least 4 members (excludes halogenated alkanes) is 1. The van der Waals surface area contributed by atoms with Crippen LogP contribution in [0.4, 0.5) is 10.8 Å². The van der Waals surface area contributed by atoms with Gasteiger partial charge in [-0.25, -0.2) is 4.98 Å². The van der Waals surface area contributed by atoms with Gasteiger partial charge in [0.1, 0.15) is 5.75 Å². The number of carbonyl (C=O) groups is 1. The lowest BCUT2D eigenvalue weighted by Gasteiger charge is -2.31. The Labute approximate surface area is 182 Å². The second kappa shape index (κ2) is 9.47. The molecule has 5 nitrogen and oxygen atoms in total. The van der Waals surface area contributed by atoms with E-state index in [1.54, 1.807) is 18.4 Å². The van der Waals surface area contributed by atoms with Gasteiger partial charge in [-0.05, 0) is 61.6 Å². The van der Waals surface area contributed by atoms with Gasteiger partial charge in [0.25, 0.3) is 0 Å². The topological polar surface area (TPSA) is 54.5 Å². The number of hydrogen-bond donors (Lipinski definition) is 1. The summed E-state index contributed by atoms with van der Waals surface area (Å²) < 4.78 is 6.44. The molecule has 1 aliphatic rings. The molecule has 1 amide bonds. The van der Waals surface area contributed by atoms with E-state index < -0.39 is 0 Å². The number of amides is 1. The van der Waals surface area contributed by atoms with E-state index in [2.05, 4.69) is 29.3 Å². The molecule has 1 fully saturated rings. The van der Waals surface area contributed by atoms with Crippen LogP contribution in [-0.2, 0) is 11.2 Å². The molecule has 0 aliphatic carbocycles. The normalized spacial score (nSPS) is 14.8. The molecule has 0 saturated carbocycles. The molecule has 0 bridgehead atoms. The Morgan fingerprint density at radius 2 is 1.97 bits per heavy atom. The lowest BCUT2D eigenvalue weighted by molar-refractivity contribution is -0.120. The third-order valence-electron chi connectivity index (χ3n) is 5.76. The molecule has 0 atom stereocenters. The van der Waals surface area contributed by atoms with Gasteiger partial charge in [0.15, 0.2) is 5.13 Å². The van der Waals surface area contributed by atoms with Crippen molar-refractivity contribution in [3.05, 3.63) is 48.0 Å². The van der Waals surface area contributed by atoms with Gasteiger partial charge in [-0.3, -0.25) is 4.79 Å². The van der Waals surface area contributed by atoms with Crippen molar-refractivity contribution in [1.29, 1.82) is 0 Å². The van der Waals surface area contributed by atoms with E-state index in [4.69, 9.17) is 9.72 Å². The van der Waals surface area contributed by atoms with Gasteiger partial charge in [0, 0.05) is 24.7 Å². The first-order valence-electron chi connectivity index (χ1n) is 10.8. The van der Waals surface area contributed by atoms with Gasteiger partial charge < -0.3 is 15.0 Å². The van der Waals surface area contributed by atoms with Crippen LogP contribution in [0.1, 0.15) is 38.2 Å². The van der Waals surface area contributed by atoms with E-state index in [-0.39, 0.29) is 11.8 Å². The highest BCUT2D eigenvalue weighted by molar-refractivity contribution is 7.22. The van der Waals surface area contributed by atoms with E-state index in [0.717, 1.165) is 59.1 Å². The fraction of sp³-hybridized carbons (Fsp3) is 0.417. The van der Waals surface area contributed by atoms with Gasteiger partial charge in [0.05, 0.1) is 17.3 Å². The van der Waals surface area contributed by atoms with Crippen LogP contribution in [0.3, 0.4) is 0 Å². The predicted molar refractivity (Wildman–Crippen MR) is 125 cm³/mol. The van der Waals surface area contributed by atoms with Crippen molar-refractivity contribution in [2.24, 2.45) is 5.92 Å². The number of carbonyl (C=O) groups excluding carboxylic acids is 1. The average Bonchev–Trinajstić information content (AvgIpc) is 3.22. The molecule has 1 aliphatic heterocycles. The second-order valence-corrected chi connectivity index (χ2v) is 8.89. The van der Waals surface area contributed by atoms with Crippen LogP contribution in [0.2, 0.25) is 0 Å². The Kier molecular flexibility index (Phi) is 6.53. The molecule has 0 radical (unpaired) electrons. The van der Waals surface area contributed by atoms with Gasteiger partial charge in [0.2, 0.25) is 5.91 Å². The lowest BCUT2D eigenvalue weighted by atomic mass is 9.96. The molecule has 1 saturated heterocycles. The number of aromatic nitrogens is 1. The van der Waals surface area contributed by atoms with Crippen molar-refractivity contribution in [2.75, 3.05) is 30.4 Å². The minimum absolute atomic E-state index is 0.0514. The Balaban J connectivity index is 1.32. The van der Waals surface area contributed by atoms with E-state index in [9.17, 15) is 4.79 Å². The van der Waals surface area contributed by atoms with Crippen molar-refractivity contribution in [3.8, 4) is 5.75 Å². The molecule has 0 spiro atoms. The third-order valence-corrected chi connectivity index (χ3v) is 6.84. The Bertz CT molecular complexity index is 991. The van der Waals surface area contributed by atoms with Crippen molar-refractivity contribution >= 4 is 38.3 Å². The zero-order valence-electron chi connectivity index (χ0n) is 17.7. The molecule has 30 heavy (non-hydrogen) atoms. The number of aryl methyl sites for hydroxylation is 1. The highest BCUT2D eigenvalue weighted by Gasteiger charge is 2.26. The SMILES string of the molecule is CCCCc1ccc(NC(=O)C2CCN(c3nc4ccc(OC)cc4s3)CC2)cc1. The number of nitrogens with zero attached hydrogens (tertiary/aromatic N) is 2. The molecule has 158 valence electrons. The number of methoxy groups -OCH3 is 1. The van der Waals surface area contributed by atoms with E-state index in [0.29, 0.717) is 0 Å². The van der Waals surface area contributed by atoms with Crippen LogP contribution < -0.4 is 15.0 Å². The molecule has 1 aromatic heterocycles. The first-order valence-corrected chi connectivity index (χ1v) is 11.6. The number of nitrogens with one attached hydrogen (secondary N) is 1. The van der Waals surface area contributed by atoms with Crippen LogP contribution in [0.5, 0.6) is 5.75 Å². The summed E-state index contributed by atoms with van der Waals surface area (Å²) in [5, 5.41) is 4.13. The van der Waals surface area contributed by atoms with Crippen molar-refractivity contribution in [3.63, 3.8) is 0 Å². The molecule has 3 aromatic rings. The quantitative estimate of drug-likeness (QED) is 0.545. The number of ether oxygens (including phenoxy) is 1.